The maximum absolute atomic E-state index is 9.11. The molecule has 0 aliphatic carbocycles. The smallest absolute Gasteiger partial charge is 0.119 e. The summed E-state index contributed by atoms with van der Waals surface area (Å²) in [5.41, 5.74) is 3.43. The molecule has 0 radical (unpaired) electrons. The van der Waals surface area contributed by atoms with Crippen molar-refractivity contribution in [3.05, 3.63) is 54.1 Å². The summed E-state index contributed by atoms with van der Waals surface area (Å²) in [5, 5.41) is 9.11. The van der Waals surface area contributed by atoms with Crippen LogP contribution in [0.25, 0.3) is 11.1 Å². The van der Waals surface area contributed by atoms with Crippen LogP contribution in [0, 0.1) is 0 Å². The third-order valence-electron chi connectivity index (χ3n) is 2.78. The maximum atomic E-state index is 9.11. The van der Waals surface area contributed by atoms with Gasteiger partial charge < -0.3 is 9.84 Å². The summed E-state index contributed by atoms with van der Waals surface area (Å²) < 4.78 is 5.21. The van der Waals surface area contributed by atoms with E-state index in [4.69, 9.17) is 9.84 Å². The minimum Gasteiger partial charge on any atom is -0.497 e. The molecule has 0 aliphatic rings. The number of methoxy groups -OCH3 is 1. The third-order valence-corrected chi connectivity index (χ3v) is 2.78. The monoisotopic (exact) mass is 228 g/mol. The number of benzene rings is 2. The van der Waals surface area contributed by atoms with Crippen molar-refractivity contribution in [1.29, 1.82) is 0 Å². The summed E-state index contributed by atoms with van der Waals surface area (Å²) in [7, 11) is 1.65. The molecular weight excluding hydrogens is 212 g/mol. The molecule has 1 N–H and O–H groups in total. The molecule has 88 valence electrons. The fourth-order valence-corrected chi connectivity index (χ4v) is 1.92. The quantitative estimate of drug-likeness (QED) is 0.871. The molecule has 0 aliphatic heterocycles. The molecule has 0 fully saturated rings. The Kier molecular flexibility index (Phi) is 3.78. The topological polar surface area (TPSA) is 29.5 Å². The Morgan fingerprint density at radius 3 is 2.47 bits per heavy atom. The van der Waals surface area contributed by atoms with Gasteiger partial charge in [0.25, 0.3) is 0 Å². The summed E-state index contributed by atoms with van der Waals surface area (Å²) >= 11 is 0. The summed E-state index contributed by atoms with van der Waals surface area (Å²) in [6, 6.07) is 16.1. The molecule has 0 saturated carbocycles. The van der Waals surface area contributed by atoms with Crippen molar-refractivity contribution in [1.82, 2.24) is 0 Å². The molecule has 2 rings (SSSR count). The van der Waals surface area contributed by atoms with Crippen LogP contribution in [-0.2, 0) is 6.42 Å². The average Bonchev–Trinajstić information content (AvgIpc) is 2.40. The SMILES string of the molecule is COc1ccc(-c2ccccc2)c(CCO)c1. The molecule has 0 atom stereocenters. The minimum atomic E-state index is 0.146. The van der Waals surface area contributed by atoms with Crippen LogP contribution < -0.4 is 4.74 Å². The van der Waals surface area contributed by atoms with Crippen LogP contribution >= 0.6 is 0 Å². The number of hydrogen-bond donors (Lipinski definition) is 1. The van der Waals surface area contributed by atoms with E-state index in [0.717, 1.165) is 16.9 Å². The first-order valence-electron chi connectivity index (χ1n) is 5.68. The number of hydrogen-bond acceptors (Lipinski definition) is 2. The molecule has 2 aromatic carbocycles. The Morgan fingerprint density at radius 2 is 1.82 bits per heavy atom. The predicted molar refractivity (Wildman–Crippen MR) is 69.2 cm³/mol. The van der Waals surface area contributed by atoms with E-state index in [9.17, 15) is 0 Å². The first-order chi connectivity index (χ1) is 8.35. The summed E-state index contributed by atoms with van der Waals surface area (Å²) in [6.07, 6.45) is 0.640. The van der Waals surface area contributed by atoms with Crippen LogP contribution in [0.5, 0.6) is 5.75 Å². The van der Waals surface area contributed by atoms with Gasteiger partial charge in [0.2, 0.25) is 0 Å². The molecule has 0 unspecified atom stereocenters. The zero-order valence-electron chi connectivity index (χ0n) is 9.89. The van der Waals surface area contributed by atoms with Gasteiger partial charge in [-0.2, -0.15) is 0 Å². The van der Waals surface area contributed by atoms with E-state index in [2.05, 4.69) is 12.1 Å². The lowest BCUT2D eigenvalue weighted by Crippen LogP contribution is -1.95. The molecular formula is C15H16O2. The first kappa shape index (κ1) is 11.7. The molecule has 0 saturated heterocycles. The van der Waals surface area contributed by atoms with Crippen LogP contribution in [-0.4, -0.2) is 18.8 Å². The highest BCUT2D eigenvalue weighted by Gasteiger charge is 2.06. The summed E-state index contributed by atoms with van der Waals surface area (Å²) in [5.74, 6) is 0.827. The molecule has 0 aromatic heterocycles. The van der Waals surface area contributed by atoms with Gasteiger partial charge in [-0.3, -0.25) is 0 Å². The van der Waals surface area contributed by atoms with Crippen molar-refractivity contribution < 1.29 is 9.84 Å². The fraction of sp³-hybridized carbons (Fsp3) is 0.200. The van der Waals surface area contributed by atoms with Gasteiger partial charge in [-0.05, 0) is 35.2 Å². The van der Waals surface area contributed by atoms with Gasteiger partial charge in [-0.25, -0.2) is 0 Å². The Bertz CT molecular complexity index is 478. The van der Waals surface area contributed by atoms with Crippen LogP contribution in [0.4, 0.5) is 0 Å². The standard InChI is InChI=1S/C15H16O2/c1-17-14-7-8-15(13(11-14)9-10-16)12-5-3-2-4-6-12/h2-8,11,16H,9-10H2,1H3. The summed E-state index contributed by atoms with van der Waals surface area (Å²) in [6.45, 7) is 0.146. The minimum absolute atomic E-state index is 0.146. The normalized spacial score (nSPS) is 10.2. The molecule has 0 amide bonds. The largest absolute Gasteiger partial charge is 0.497 e. The van der Waals surface area contributed by atoms with Gasteiger partial charge in [-0.1, -0.05) is 36.4 Å². The van der Waals surface area contributed by atoms with E-state index in [-0.39, 0.29) is 6.61 Å². The molecule has 2 nitrogen and oxygen atoms in total. The van der Waals surface area contributed by atoms with E-state index < -0.39 is 0 Å². The Morgan fingerprint density at radius 1 is 1.06 bits per heavy atom. The van der Waals surface area contributed by atoms with Crippen LogP contribution in [0.1, 0.15) is 5.56 Å². The summed E-state index contributed by atoms with van der Waals surface area (Å²) in [4.78, 5) is 0. The maximum Gasteiger partial charge on any atom is 0.119 e. The van der Waals surface area contributed by atoms with E-state index in [1.54, 1.807) is 7.11 Å². The van der Waals surface area contributed by atoms with Crippen LogP contribution in [0.3, 0.4) is 0 Å². The van der Waals surface area contributed by atoms with Crippen LogP contribution in [0.15, 0.2) is 48.5 Å². The number of aliphatic hydroxyl groups excluding tert-OH is 1. The van der Waals surface area contributed by atoms with Crippen molar-refractivity contribution in [3.63, 3.8) is 0 Å². The third kappa shape index (κ3) is 2.66. The van der Waals surface area contributed by atoms with Gasteiger partial charge in [0, 0.05) is 6.61 Å². The van der Waals surface area contributed by atoms with E-state index >= 15 is 0 Å². The van der Waals surface area contributed by atoms with Crippen LogP contribution in [0.2, 0.25) is 0 Å². The van der Waals surface area contributed by atoms with Gasteiger partial charge >= 0.3 is 0 Å². The van der Waals surface area contributed by atoms with Crippen molar-refractivity contribution in [2.45, 2.75) is 6.42 Å². The second-order valence-corrected chi connectivity index (χ2v) is 3.86. The van der Waals surface area contributed by atoms with Crippen molar-refractivity contribution in [2.24, 2.45) is 0 Å². The second kappa shape index (κ2) is 5.51. The molecule has 2 heteroatoms. The Hall–Kier alpha value is -1.80. The van der Waals surface area contributed by atoms with E-state index in [0.29, 0.717) is 6.42 Å². The van der Waals surface area contributed by atoms with E-state index in [1.807, 2.05) is 36.4 Å². The van der Waals surface area contributed by atoms with E-state index in [1.165, 1.54) is 5.56 Å². The molecule has 2 aromatic rings. The Balaban J connectivity index is 2.46. The lowest BCUT2D eigenvalue weighted by Gasteiger charge is -2.10. The zero-order valence-corrected chi connectivity index (χ0v) is 9.89. The zero-order chi connectivity index (χ0) is 12.1. The number of aliphatic hydroxyl groups is 1. The van der Waals surface area contributed by atoms with Crippen molar-refractivity contribution in [2.75, 3.05) is 13.7 Å². The molecule has 0 bridgehead atoms. The highest BCUT2D eigenvalue weighted by Crippen LogP contribution is 2.27. The van der Waals surface area contributed by atoms with Gasteiger partial charge in [0.1, 0.15) is 5.75 Å². The van der Waals surface area contributed by atoms with Gasteiger partial charge in [0.15, 0.2) is 0 Å². The Labute approximate surface area is 101 Å². The number of ether oxygens (including phenoxy) is 1. The molecule has 17 heavy (non-hydrogen) atoms. The predicted octanol–water partition coefficient (Wildman–Crippen LogP) is 2.90. The fourth-order valence-electron chi connectivity index (χ4n) is 1.92. The van der Waals surface area contributed by atoms with Crippen molar-refractivity contribution >= 4 is 0 Å². The average molecular weight is 228 g/mol. The highest BCUT2D eigenvalue weighted by atomic mass is 16.5. The van der Waals surface area contributed by atoms with Gasteiger partial charge in [-0.15, -0.1) is 0 Å². The molecule has 0 heterocycles. The second-order valence-electron chi connectivity index (χ2n) is 3.86. The first-order valence-corrected chi connectivity index (χ1v) is 5.68. The lowest BCUT2D eigenvalue weighted by atomic mass is 9.97. The number of rotatable bonds is 4. The van der Waals surface area contributed by atoms with Crippen molar-refractivity contribution in [3.8, 4) is 16.9 Å². The highest BCUT2D eigenvalue weighted by molar-refractivity contribution is 5.68. The van der Waals surface area contributed by atoms with Gasteiger partial charge in [0.05, 0.1) is 7.11 Å². The lowest BCUT2D eigenvalue weighted by molar-refractivity contribution is 0.299. The molecule has 0 spiro atoms.